The van der Waals surface area contributed by atoms with Crippen molar-refractivity contribution in [2.45, 2.75) is 31.0 Å². The van der Waals surface area contributed by atoms with Crippen LogP contribution in [0.1, 0.15) is 6.42 Å². The summed E-state index contributed by atoms with van der Waals surface area (Å²) in [6.45, 7) is 0. The Bertz CT molecular complexity index is 277. The van der Waals surface area contributed by atoms with Crippen LogP contribution >= 0.6 is 7.60 Å². The maximum Gasteiger partial charge on any atom is 0.330 e. The van der Waals surface area contributed by atoms with Crippen molar-refractivity contribution in [3.05, 3.63) is 0 Å². The zero-order valence-corrected chi connectivity index (χ0v) is 11.0. The molecule has 17 heavy (non-hydrogen) atoms. The standard InChI is InChI=1S/C9H19O7P/c1-13-9-8(11)7(10)6(16-9)4-5-17(12,14-2)15-3/h6-11H,4-5H2,1-3H3/t6-,7-,8-,9-/m1/s1. The van der Waals surface area contributed by atoms with Gasteiger partial charge in [-0.25, -0.2) is 0 Å². The van der Waals surface area contributed by atoms with Gasteiger partial charge in [-0.3, -0.25) is 4.57 Å². The number of rotatable bonds is 6. The first kappa shape index (κ1) is 15.0. The zero-order valence-electron chi connectivity index (χ0n) is 10.1. The second-order valence-electron chi connectivity index (χ2n) is 3.75. The third-order valence-corrected chi connectivity index (χ3v) is 4.71. The molecule has 4 atom stereocenters. The van der Waals surface area contributed by atoms with E-state index in [1.165, 1.54) is 21.3 Å². The minimum atomic E-state index is -3.12. The molecule has 0 aromatic heterocycles. The lowest BCUT2D eigenvalue weighted by molar-refractivity contribution is -0.148. The molecule has 0 amide bonds. The lowest BCUT2D eigenvalue weighted by Gasteiger charge is -2.17. The molecule has 0 unspecified atom stereocenters. The number of aliphatic hydroxyl groups is 2. The molecule has 0 aliphatic carbocycles. The Morgan fingerprint density at radius 1 is 1.18 bits per heavy atom. The highest BCUT2D eigenvalue weighted by molar-refractivity contribution is 7.53. The smallest absolute Gasteiger partial charge is 0.330 e. The fraction of sp³-hybridized carbons (Fsp3) is 1.00. The van der Waals surface area contributed by atoms with Crippen LogP contribution < -0.4 is 0 Å². The topological polar surface area (TPSA) is 94.5 Å². The maximum absolute atomic E-state index is 11.8. The van der Waals surface area contributed by atoms with E-state index in [-0.39, 0.29) is 12.6 Å². The van der Waals surface area contributed by atoms with Crippen molar-refractivity contribution >= 4 is 7.60 Å². The van der Waals surface area contributed by atoms with E-state index in [1.807, 2.05) is 0 Å². The van der Waals surface area contributed by atoms with E-state index in [0.717, 1.165) is 0 Å². The third-order valence-electron chi connectivity index (χ3n) is 2.79. The van der Waals surface area contributed by atoms with Gasteiger partial charge >= 0.3 is 7.60 Å². The van der Waals surface area contributed by atoms with Gasteiger partial charge < -0.3 is 28.7 Å². The summed E-state index contributed by atoms with van der Waals surface area (Å²) in [6.07, 6.45) is -3.33. The van der Waals surface area contributed by atoms with Crippen LogP contribution in [0.4, 0.5) is 0 Å². The van der Waals surface area contributed by atoms with E-state index in [0.29, 0.717) is 0 Å². The molecule has 8 heteroatoms. The first-order valence-electron chi connectivity index (χ1n) is 5.22. The van der Waals surface area contributed by atoms with Crippen molar-refractivity contribution in [3.63, 3.8) is 0 Å². The molecule has 0 bridgehead atoms. The summed E-state index contributed by atoms with van der Waals surface area (Å²) < 4.78 is 31.4. The van der Waals surface area contributed by atoms with E-state index in [9.17, 15) is 14.8 Å². The minimum absolute atomic E-state index is 0.102. The Morgan fingerprint density at radius 2 is 1.76 bits per heavy atom. The number of hydrogen-bond donors (Lipinski definition) is 2. The van der Waals surface area contributed by atoms with E-state index < -0.39 is 32.2 Å². The van der Waals surface area contributed by atoms with Gasteiger partial charge in [-0.15, -0.1) is 0 Å². The molecule has 0 aromatic rings. The molecule has 1 fully saturated rings. The quantitative estimate of drug-likeness (QED) is 0.654. The van der Waals surface area contributed by atoms with Crippen molar-refractivity contribution in [2.75, 3.05) is 27.5 Å². The SMILES string of the molecule is CO[C@@H]1O[C@H](CCP(=O)(OC)OC)[C@@H](O)[C@H]1O. The van der Waals surface area contributed by atoms with Crippen molar-refractivity contribution in [1.29, 1.82) is 0 Å². The lowest BCUT2D eigenvalue weighted by atomic mass is 10.1. The summed E-state index contributed by atoms with van der Waals surface area (Å²) in [5, 5.41) is 19.2. The first-order chi connectivity index (χ1) is 7.97. The Kier molecular flexibility index (Phi) is 5.53. The molecule has 1 aliphatic rings. The van der Waals surface area contributed by atoms with Crippen LogP contribution in [-0.2, 0) is 23.1 Å². The van der Waals surface area contributed by atoms with Crippen LogP contribution in [0.2, 0.25) is 0 Å². The van der Waals surface area contributed by atoms with E-state index in [1.54, 1.807) is 0 Å². The van der Waals surface area contributed by atoms with Gasteiger partial charge in [0.1, 0.15) is 12.2 Å². The van der Waals surface area contributed by atoms with Crippen LogP contribution in [0, 0.1) is 0 Å². The number of ether oxygens (including phenoxy) is 2. The number of hydrogen-bond acceptors (Lipinski definition) is 7. The molecule has 2 N–H and O–H groups in total. The molecule has 1 rings (SSSR count). The van der Waals surface area contributed by atoms with Crippen molar-refractivity contribution in [2.24, 2.45) is 0 Å². The van der Waals surface area contributed by atoms with Crippen molar-refractivity contribution < 1.29 is 33.3 Å². The Hall–Kier alpha value is -0.0100. The highest BCUT2D eigenvalue weighted by Gasteiger charge is 2.43. The fourth-order valence-electron chi connectivity index (χ4n) is 1.69. The summed E-state index contributed by atoms with van der Waals surface area (Å²) >= 11 is 0. The summed E-state index contributed by atoms with van der Waals surface area (Å²) in [6, 6.07) is 0. The Morgan fingerprint density at radius 3 is 2.18 bits per heavy atom. The number of methoxy groups -OCH3 is 1. The molecule has 0 spiro atoms. The van der Waals surface area contributed by atoms with Crippen LogP contribution in [-0.4, -0.2) is 62.3 Å². The maximum atomic E-state index is 11.8. The number of aliphatic hydroxyl groups excluding tert-OH is 2. The predicted molar refractivity (Wildman–Crippen MR) is 58.8 cm³/mol. The molecule has 102 valence electrons. The van der Waals surface area contributed by atoms with Gasteiger partial charge in [-0.2, -0.15) is 0 Å². The van der Waals surface area contributed by atoms with Gasteiger partial charge in [0, 0.05) is 21.3 Å². The van der Waals surface area contributed by atoms with Gasteiger partial charge in [0.05, 0.1) is 12.3 Å². The zero-order chi connectivity index (χ0) is 13.1. The summed E-state index contributed by atoms with van der Waals surface area (Å²) in [7, 11) is 0.841. The van der Waals surface area contributed by atoms with Crippen LogP contribution in [0.25, 0.3) is 0 Å². The predicted octanol–water partition coefficient (Wildman–Crippen LogP) is -0.0445. The first-order valence-corrected chi connectivity index (χ1v) is 6.95. The second kappa shape index (κ2) is 6.24. The molecule has 1 aliphatic heterocycles. The molecule has 7 nitrogen and oxygen atoms in total. The lowest BCUT2D eigenvalue weighted by Crippen LogP contribution is -2.33. The van der Waals surface area contributed by atoms with E-state index >= 15 is 0 Å². The molecular formula is C9H19O7P. The summed E-state index contributed by atoms with van der Waals surface area (Å²) in [4.78, 5) is 0. The van der Waals surface area contributed by atoms with Gasteiger partial charge in [-0.05, 0) is 6.42 Å². The van der Waals surface area contributed by atoms with Crippen LogP contribution in [0.3, 0.4) is 0 Å². The summed E-state index contributed by atoms with van der Waals surface area (Å²) in [5.74, 6) is 0. The molecule has 0 aromatic carbocycles. The highest BCUT2D eigenvalue weighted by atomic mass is 31.2. The average molecular weight is 270 g/mol. The largest absolute Gasteiger partial charge is 0.387 e. The van der Waals surface area contributed by atoms with E-state index in [2.05, 4.69) is 0 Å². The molecular weight excluding hydrogens is 251 g/mol. The second-order valence-corrected chi connectivity index (χ2v) is 6.15. The van der Waals surface area contributed by atoms with Crippen LogP contribution in [0.15, 0.2) is 0 Å². The Labute approximate surface area is 100 Å². The third kappa shape index (κ3) is 3.48. The van der Waals surface area contributed by atoms with Crippen molar-refractivity contribution in [1.82, 2.24) is 0 Å². The average Bonchev–Trinajstić information content (AvgIpc) is 2.63. The molecule has 0 radical (unpaired) electrons. The van der Waals surface area contributed by atoms with Gasteiger partial charge in [0.25, 0.3) is 0 Å². The summed E-state index contributed by atoms with van der Waals surface area (Å²) in [5.41, 5.74) is 0. The highest BCUT2D eigenvalue weighted by Crippen LogP contribution is 2.47. The molecule has 1 saturated heterocycles. The van der Waals surface area contributed by atoms with Crippen LogP contribution in [0.5, 0.6) is 0 Å². The molecule has 1 heterocycles. The molecule has 0 saturated carbocycles. The van der Waals surface area contributed by atoms with Gasteiger partial charge in [-0.1, -0.05) is 0 Å². The van der Waals surface area contributed by atoms with Gasteiger partial charge in [0.15, 0.2) is 6.29 Å². The van der Waals surface area contributed by atoms with Gasteiger partial charge in [0.2, 0.25) is 0 Å². The fourth-order valence-corrected chi connectivity index (χ4v) is 2.78. The Balaban J connectivity index is 2.51. The monoisotopic (exact) mass is 270 g/mol. The van der Waals surface area contributed by atoms with E-state index in [4.69, 9.17) is 18.5 Å². The minimum Gasteiger partial charge on any atom is -0.387 e. The normalized spacial score (nSPS) is 34.2. The van der Waals surface area contributed by atoms with Crippen molar-refractivity contribution in [3.8, 4) is 0 Å².